The van der Waals surface area contributed by atoms with Crippen molar-refractivity contribution in [1.82, 2.24) is 19.0 Å². The van der Waals surface area contributed by atoms with Crippen LogP contribution < -0.4 is 10.9 Å². The van der Waals surface area contributed by atoms with Crippen LogP contribution in [0.3, 0.4) is 0 Å². The number of nitrogens with one attached hydrogen (secondary N) is 1. The number of pyridine rings is 2. The second-order valence-corrected chi connectivity index (χ2v) is 10.4. The van der Waals surface area contributed by atoms with Crippen LogP contribution in [-0.2, 0) is 20.0 Å². The smallest absolute Gasteiger partial charge is 0.335 e. The number of benzene rings is 1. The highest BCUT2D eigenvalue weighted by molar-refractivity contribution is 5.88. The van der Waals surface area contributed by atoms with Crippen LogP contribution in [0.5, 0.6) is 0 Å². The van der Waals surface area contributed by atoms with Crippen LogP contribution in [0.25, 0.3) is 16.7 Å². The van der Waals surface area contributed by atoms with Crippen molar-refractivity contribution in [1.29, 1.82) is 0 Å². The van der Waals surface area contributed by atoms with Crippen LogP contribution in [0.15, 0.2) is 47.5 Å². The molecular weight excluding hydrogens is 485 g/mol. The molecule has 0 saturated carbocycles. The van der Waals surface area contributed by atoms with Gasteiger partial charge in [0, 0.05) is 54.9 Å². The fourth-order valence-corrected chi connectivity index (χ4v) is 6.12. The van der Waals surface area contributed by atoms with E-state index in [0.29, 0.717) is 11.1 Å². The van der Waals surface area contributed by atoms with Crippen LogP contribution in [0.4, 0.5) is 10.1 Å². The number of anilines is 1. The molecule has 3 aromatic heterocycles. The van der Waals surface area contributed by atoms with E-state index in [0.717, 1.165) is 85.2 Å². The molecule has 2 aliphatic heterocycles. The fourth-order valence-electron chi connectivity index (χ4n) is 6.12. The molecule has 6 rings (SSSR count). The minimum atomic E-state index is -1.11. The van der Waals surface area contributed by atoms with Gasteiger partial charge < -0.3 is 15.0 Å². The van der Waals surface area contributed by atoms with Crippen LogP contribution in [-0.4, -0.2) is 49.7 Å². The van der Waals surface area contributed by atoms with Crippen molar-refractivity contribution in [3.05, 3.63) is 86.8 Å². The Kier molecular flexibility index (Phi) is 6.03. The zero-order valence-electron chi connectivity index (χ0n) is 21.5. The quantitative estimate of drug-likeness (QED) is 0.414. The third-order valence-electron chi connectivity index (χ3n) is 8.11. The Balaban J connectivity index is 1.23. The van der Waals surface area contributed by atoms with E-state index < -0.39 is 11.8 Å². The van der Waals surface area contributed by atoms with E-state index in [9.17, 15) is 19.1 Å². The maximum absolute atomic E-state index is 14.8. The van der Waals surface area contributed by atoms with E-state index >= 15 is 0 Å². The van der Waals surface area contributed by atoms with Gasteiger partial charge in [0.1, 0.15) is 11.5 Å². The molecule has 1 fully saturated rings. The monoisotopic (exact) mass is 515 g/mol. The summed E-state index contributed by atoms with van der Waals surface area (Å²) in [7, 11) is 2.00. The normalized spacial score (nSPS) is 16.1. The van der Waals surface area contributed by atoms with E-state index in [1.807, 2.05) is 25.4 Å². The van der Waals surface area contributed by atoms with E-state index in [1.165, 1.54) is 0 Å². The zero-order valence-corrected chi connectivity index (χ0v) is 21.5. The first-order chi connectivity index (χ1) is 18.3. The van der Waals surface area contributed by atoms with Gasteiger partial charge in [0.25, 0.3) is 5.56 Å². The summed E-state index contributed by atoms with van der Waals surface area (Å²) in [6, 6.07) is 8.68. The molecule has 0 amide bonds. The van der Waals surface area contributed by atoms with Gasteiger partial charge in [0.2, 0.25) is 0 Å². The number of hydrogen-bond donors (Lipinski definition) is 2. The molecule has 4 aromatic rings. The van der Waals surface area contributed by atoms with Gasteiger partial charge in [0.15, 0.2) is 0 Å². The lowest BCUT2D eigenvalue weighted by Gasteiger charge is -2.33. The third kappa shape index (κ3) is 4.07. The van der Waals surface area contributed by atoms with E-state index in [2.05, 4.69) is 25.8 Å². The summed E-state index contributed by atoms with van der Waals surface area (Å²) in [5.41, 5.74) is 5.83. The van der Waals surface area contributed by atoms with Crippen molar-refractivity contribution in [2.75, 3.05) is 25.0 Å². The standard InChI is InChI=1S/C29H30FN5O3/c1-17-13-19(29(37)38)14-23(30)26(17)18-5-10-34(11-6-18)16-20-15-22-25(4-9-32-27(22)33(20)2)35-12-7-24-21(28(35)36)3-8-31-24/h4,7,9,12-15,18,31H,3,5-6,8,10-11,16H2,1-2H3,(H,37,38). The molecule has 196 valence electrons. The molecule has 2 N–H and O–H groups in total. The van der Waals surface area contributed by atoms with E-state index in [1.54, 1.807) is 23.8 Å². The lowest BCUT2D eigenvalue weighted by molar-refractivity contribution is 0.0696. The summed E-state index contributed by atoms with van der Waals surface area (Å²) in [6.07, 6.45) is 5.91. The number of aryl methyl sites for hydroxylation is 2. The Hall–Kier alpha value is -3.98. The van der Waals surface area contributed by atoms with Crippen molar-refractivity contribution in [2.24, 2.45) is 7.05 Å². The van der Waals surface area contributed by atoms with Gasteiger partial charge in [-0.05, 0) is 86.7 Å². The molecule has 1 saturated heterocycles. The predicted octanol–water partition coefficient (Wildman–Crippen LogP) is 4.22. The molecule has 1 aromatic carbocycles. The number of carbonyl (C=O) groups is 1. The van der Waals surface area contributed by atoms with Gasteiger partial charge in [-0.2, -0.15) is 0 Å². The summed E-state index contributed by atoms with van der Waals surface area (Å²) in [4.78, 5) is 31.4. The number of likely N-dealkylation sites (tertiary alicyclic amines) is 1. The molecular formula is C29H30FN5O3. The van der Waals surface area contributed by atoms with Gasteiger partial charge in [-0.25, -0.2) is 14.2 Å². The number of carboxylic acid groups (broad SMARTS) is 1. The van der Waals surface area contributed by atoms with Crippen molar-refractivity contribution < 1.29 is 14.3 Å². The third-order valence-corrected chi connectivity index (χ3v) is 8.11. The minimum absolute atomic E-state index is 0.00592. The molecule has 0 radical (unpaired) electrons. The highest BCUT2D eigenvalue weighted by Gasteiger charge is 2.26. The zero-order chi connectivity index (χ0) is 26.6. The summed E-state index contributed by atoms with van der Waals surface area (Å²) in [5.74, 6) is -1.47. The molecule has 0 bridgehead atoms. The highest BCUT2D eigenvalue weighted by atomic mass is 19.1. The Morgan fingerprint density at radius 3 is 2.74 bits per heavy atom. The second kappa shape index (κ2) is 9.40. The number of piperidine rings is 1. The molecule has 2 aliphatic rings. The number of halogens is 1. The second-order valence-electron chi connectivity index (χ2n) is 10.4. The van der Waals surface area contributed by atoms with Crippen LogP contribution >= 0.6 is 0 Å². The predicted molar refractivity (Wildman–Crippen MR) is 144 cm³/mol. The van der Waals surface area contributed by atoms with Crippen LogP contribution in [0.1, 0.15) is 51.5 Å². The van der Waals surface area contributed by atoms with Gasteiger partial charge in [0.05, 0.1) is 11.3 Å². The van der Waals surface area contributed by atoms with Crippen molar-refractivity contribution in [3.8, 4) is 5.69 Å². The molecule has 5 heterocycles. The van der Waals surface area contributed by atoms with Crippen molar-refractivity contribution >= 4 is 22.7 Å². The lowest BCUT2D eigenvalue weighted by Crippen LogP contribution is -2.33. The number of rotatable bonds is 5. The SMILES string of the molecule is Cc1cc(C(=O)O)cc(F)c1C1CCN(Cc2cc3c(-n4ccc5c(c4=O)CCN5)ccnc3n2C)CC1. The Labute approximate surface area is 219 Å². The minimum Gasteiger partial charge on any atom is -0.478 e. The summed E-state index contributed by atoms with van der Waals surface area (Å²) >= 11 is 0. The summed E-state index contributed by atoms with van der Waals surface area (Å²) in [5, 5.41) is 13.4. The van der Waals surface area contributed by atoms with Crippen molar-refractivity contribution in [2.45, 2.75) is 38.6 Å². The number of carboxylic acids is 1. The molecule has 9 heteroatoms. The maximum atomic E-state index is 14.8. The van der Waals surface area contributed by atoms with Gasteiger partial charge in [-0.3, -0.25) is 14.3 Å². The van der Waals surface area contributed by atoms with Gasteiger partial charge in [-0.15, -0.1) is 0 Å². The first kappa shape index (κ1) is 24.4. The van der Waals surface area contributed by atoms with Crippen LogP contribution in [0, 0.1) is 12.7 Å². The average molecular weight is 516 g/mol. The number of aromatic carboxylic acids is 1. The number of nitrogens with zero attached hydrogens (tertiary/aromatic N) is 4. The highest BCUT2D eigenvalue weighted by Crippen LogP contribution is 2.34. The largest absolute Gasteiger partial charge is 0.478 e. The van der Waals surface area contributed by atoms with Gasteiger partial charge in [-0.1, -0.05) is 0 Å². The lowest BCUT2D eigenvalue weighted by atomic mass is 9.85. The molecule has 0 atom stereocenters. The maximum Gasteiger partial charge on any atom is 0.335 e. The molecule has 0 spiro atoms. The first-order valence-electron chi connectivity index (χ1n) is 13.0. The fraction of sp³-hybridized carbons (Fsp3) is 0.345. The molecule has 0 unspecified atom stereocenters. The first-order valence-corrected chi connectivity index (χ1v) is 13.0. The topological polar surface area (TPSA) is 92.4 Å². The molecule has 38 heavy (non-hydrogen) atoms. The van der Waals surface area contributed by atoms with Crippen LogP contribution in [0.2, 0.25) is 0 Å². The Morgan fingerprint density at radius 2 is 2.00 bits per heavy atom. The average Bonchev–Trinajstić information content (AvgIpc) is 3.50. The summed E-state index contributed by atoms with van der Waals surface area (Å²) < 4.78 is 18.6. The van der Waals surface area contributed by atoms with E-state index in [-0.39, 0.29) is 17.0 Å². The van der Waals surface area contributed by atoms with Gasteiger partial charge >= 0.3 is 5.97 Å². The van der Waals surface area contributed by atoms with Crippen molar-refractivity contribution in [3.63, 3.8) is 0 Å². The summed E-state index contributed by atoms with van der Waals surface area (Å²) in [6.45, 7) is 4.92. The molecule has 0 aliphatic carbocycles. The number of hydrogen-bond acceptors (Lipinski definition) is 5. The Bertz CT molecular complexity index is 1610. The number of aromatic nitrogens is 3. The Morgan fingerprint density at radius 1 is 1.21 bits per heavy atom. The number of fused-ring (bicyclic) bond motifs is 2. The molecule has 8 nitrogen and oxygen atoms in total. The van der Waals surface area contributed by atoms with E-state index in [4.69, 9.17) is 0 Å².